The Morgan fingerprint density at radius 3 is 1.31 bits per heavy atom. The second kappa shape index (κ2) is 19.4. The molecule has 0 N–H and O–H groups in total. The van der Waals surface area contributed by atoms with E-state index in [-0.39, 0.29) is 5.78 Å². The number of ether oxygens (including phenoxy) is 2. The average Bonchev–Trinajstić information content (AvgIpc) is 2.91. The molecular formula is C33H46O3. The molecule has 0 bridgehead atoms. The Hall–Kier alpha value is -2.81. The van der Waals surface area contributed by atoms with Crippen molar-refractivity contribution in [1.29, 1.82) is 0 Å². The van der Waals surface area contributed by atoms with Gasteiger partial charge in [-0.05, 0) is 60.4 Å². The van der Waals surface area contributed by atoms with Gasteiger partial charge in [0.2, 0.25) is 0 Å². The lowest BCUT2D eigenvalue weighted by molar-refractivity contribution is -0.110. The zero-order valence-corrected chi connectivity index (χ0v) is 22.6. The summed E-state index contributed by atoms with van der Waals surface area (Å²) >= 11 is 0. The predicted octanol–water partition coefficient (Wildman–Crippen LogP) is 9.46. The fourth-order valence-electron chi connectivity index (χ4n) is 3.91. The van der Waals surface area contributed by atoms with Gasteiger partial charge in [-0.1, -0.05) is 114 Å². The minimum atomic E-state index is -0.0400. The maximum Gasteiger partial charge on any atom is 0.178 e. The van der Waals surface area contributed by atoms with Gasteiger partial charge in [-0.2, -0.15) is 0 Å². The van der Waals surface area contributed by atoms with E-state index in [1.54, 1.807) is 12.2 Å². The van der Waals surface area contributed by atoms with Crippen molar-refractivity contribution >= 4 is 17.9 Å². The highest BCUT2D eigenvalue weighted by Crippen LogP contribution is 2.16. The number of benzene rings is 2. The number of carbonyl (C=O) groups is 1. The van der Waals surface area contributed by atoms with E-state index in [0.29, 0.717) is 0 Å². The molecule has 0 aliphatic carbocycles. The topological polar surface area (TPSA) is 35.5 Å². The van der Waals surface area contributed by atoms with Gasteiger partial charge < -0.3 is 9.47 Å². The Morgan fingerprint density at radius 2 is 0.917 bits per heavy atom. The van der Waals surface area contributed by atoms with Gasteiger partial charge in [-0.25, -0.2) is 0 Å². The third-order valence-electron chi connectivity index (χ3n) is 6.17. The number of hydrogen-bond donors (Lipinski definition) is 0. The van der Waals surface area contributed by atoms with E-state index in [1.807, 2.05) is 60.7 Å². The molecule has 0 saturated carbocycles. The molecule has 0 aliphatic heterocycles. The Bertz CT molecular complexity index is 805. The minimum absolute atomic E-state index is 0.0400. The van der Waals surface area contributed by atoms with Crippen LogP contribution in [-0.4, -0.2) is 19.0 Å². The smallest absolute Gasteiger partial charge is 0.178 e. The van der Waals surface area contributed by atoms with Gasteiger partial charge in [0.15, 0.2) is 5.78 Å². The molecule has 36 heavy (non-hydrogen) atoms. The van der Waals surface area contributed by atoms with Crippen molar-refractivity contribution in [2.24, 2.45) is 0 Å². The van der Waals surface area contributed by atoms with Crippen LogP contribution in [0.2, 0.25) is 0 Å². The summed E-state index contributed by atoms with van der Waals surface area (Å²) in [6, 6.07) is 15.8. The molecule has 0 amide bonds. The van der Waals surface area contributed by atoms with E-state index in [9.17, 15) is 4.79 Å². The second-order valence-corrected chi connectivity index (χ2v) is 9.44. The van der Waals surface area contributed by atoms with Gasteiger partial charge >= 0.3 is 0 Å². The van der Waals surface area contributed by atoms with Gasteiger partial charge in [-0.15, -0.1) is 0 Å². The normalized spacial score (nSPS) is 11.4. The van der Waals surface area contributed by atoms with Crippen LogP contribution in [0.25, 0.3) is 12.2 Å². The SMILES string of the molecule is CCCCCCCCOc1ccc(/C=C/C(=O)/C=C/c2ccc(OCCCCCCCC)cc2)cc1. The Kier molecular flexibility index (Phi) is 15.8. The molecule has 0 aromatic heterocycles. The molecule has 0 fully saturated rings. The highest BCUT2D eigenvalue weighted by Gasteiger charge is 1.98. The number of allylic oxidation sites excluding steroid dienone is 2. The first-order valence-corrected chi connectivity index (χ1v) is 14.1. The molecule has 0 heterocycles. The molecule has 2 rings (SSSR count). The maximum absolute atomic E-state index is 12.2. The molecule has 0 spiro atoms. The van der Waals surface area contributed by atoms with Crippen molar-refractivity contribution in [2.45, 2.75) is 90.9 Å². The van der Waals surface area contributed by atoms with E-state index in [4.69, 9.17) is 9.47 Å². The number of carbonyl (C=O) groups excluding carboxylic acids is 1. The van der Waals surface area contributed by atoms with Crippen LogP contribution in [-0.2, 0) is 4.79 Å². The summed E-state index contributed by atoms with van der Waals surface area (Å²) < 4.78 is 11.6. The van der Waals surface area contributed by atoms with Crippen LogP contribution in [0.4, 0.5) is 0 Å². The summed E-state index contributed by atoms with van der Waals surface area (Å²) in [6.45, 7) is 6.00. The quantitative estimate of drug-likeness (QED) is 0.137. The van der Waals surface area contributed by atoms with Crippen molar-refractivity contribution in [2.75, 3.05) is 13.2 Å². The molecule has 2 aromatic rings. The van der Waals surface area contributed by atoms with Crippen LogP contribution in [0.1, 0.15) is 102 Å². The van der Waals surface area contributed by atoms with Crippen LogP contribution >= 0.6 is 0 Å². The fourth-order valence-corrected chi connectivity index (χ4v) is 3.91. The van der Waals surface area contributed by atoms with Crippen LogP contribution in [0.3, 0.4) is 0 Å². The monoisotopic (exact) mass is 490 g/mol. The van der Waals surface area contributed by atoms with E-state index in [1.165, 1.54) is 64.2 Å². The standard InChI is InChI=1S/C33H46O3/c1-3-5-7-9-11-13-27-35-32-23-17-29(18-24-32)15-21-31(34)22-16-30-19-25-33(26-20-30)36-28-14-12-10-8-6-4-2/h15-26H,3-14,27-28H2,1-2H3/b21-15+,22-16+. The molecule has 0 aliphatic rings. The van der Waals surface area contributed by atoms with Crippen molar-refractivity contribution in [3.8, 4) is 11.5 Å². The fraction of sp³-hybridized carbons (Fsp3) is 0.485. The van der Waals surface area contributed by atoms with Crippen molar-refractivity contribution in [1.82, 2.24) is 0 Å². The first-order chi connectivity index (χ1) is 17.7. The third-order valence-corrected chi connectivity index (χ3v) is 6.17. The van der Waals surface area contributed by atoms with E-state index in [2.05, 4.69) is 13.8 Å². The summed E-state index contributed by atoms with van der Waals surface area (Å²) in [5, 5.41) is 0. The van der Waals surface area contributed by atoms with Crippen molar-refractivity contribution < 1.29 is 14.3 Å². The van der Waals surface area contributed by atoms with E-state index >= 15 is 0 Å². The molecule has 3 nitrogen and oxygen atoms in total. The summed E-state index contributed by atoms with van der Waals surface area (Å²) in [5.41, 5.74) is 1.96. The lowest BCUT2D eigenvalue weighted by Gasteiger charge is -2.06. The van der Waals surface area contributed by atoms with Gasteiger partial charge in [0.25, 0.3) is 0 Å². The number of unbranched alkanes of at least 4 members (excludes halogenated alkanes) is 10. The second-order valence-electron chi connectivity index (χ2n) is 9.44. The zero-order chi connectivity index (χ0) is 25.7. The first-order valence-electron chi connectivity index (χ1n) is 14.1. The van der Waals surface area contributed by atoms with Crippen LogP contribution in [0, 0.1) is 0 Å². The number of hydrogen-bond acceptors (Lipinski definition) is 3. The average molecular weight is 491 g/mol. The summed E-state index contributed by atoms with van der Waals surface area (Å²) in [5.74, 6) is 1.72. The zero-order valence-electron chi connectivity index (χ0n) is 22.6. The van der Waals surface area contributed by atoms with Gasteiger partial charge in [0, 0.05) is 0 Å². The van der Waals surface area contributed by atoms with Crippen molar-refractivity contribution in [3.63, 3.8) is 0 Å². The van der Waals surface area contributed by atoms with Crippen LogP contribution in [0.15, 0.2) is 60.7 Å². The lowest BCUT2D eigenvalue weighted by Crippen LogP contribution is -1.97. The summed E-state index contributed by atoms with van der Waals surface area (Å²) in [6.07, 6.45) is 22.0. The molecule has 3 heteroatoms. The molecule has 0 saturated heterocycles. The van der Waals surface area contributed by atoms with Crippen molar-refractivity contribution in [3.05, 3.63) is 71.8 Å². The third kappa shape index (κ3) is 13.9. The molecule has 0 radical (unpaired) electrons. The minimum Gasteiger partial charge on any atom is -0.494 e. The maximum atomic E-state index is 12.2. The highest BCUT2D eigenvalue weighted by atomic mass is 16.5. The van der Waals surface area contributed by atoms with E-state index < -0.39 is 0 Å². The van der Waals surface area contributed by atoms with E-state index in [0.717, 1.165) is 48.7 Å². The molecule has 0 unspecified atom stereocenters. The molecule has 196 valence electrons. The molecule has 0 atom stereocenters. The Morgan fingerprint density at radius 1 is 0.556 bits per heavy atom. The molecule has 2 aromatic carbocycles. The Balaban J connectivity index is 1.65. The summed E-state index contributed by atoms with van der Waals surface area (Å²) in [4.78, 5) is 12.2. The van der Waals surface area contributed by atoms with Gasteiger partial charge in [0.1, 0.15) is 11.5 Å². The number of rotatable bonds is 20. The predicted molar refractivity (Wildman–Crippen MR) is 154 cm³/mol. The van der Waals surface area contributed by atoms with Crippen LogP contribution in [0.5, 0.6) is 11.5 Å². The Labute approximate surface area is 219 Å². The van der Waals surface area contributed by atoms with Crippen LogP contribution < -0.4 is 9.47 Å². The number of ketones is 1. The largest absolute Gasteiger partial charge is 0.494 e. The first kappa shape index (κ1) is 29.4. The van der Waals surface area contributed by atoms with Gasteiger partial charge in [0.05, 0.1) is 13.2 Å². The van der Waals surface area contributed by atoms with Gasteiger partial charge in [-0.3, -0.25) is 4.79 Å². The summed E-state index contributed by atoms with van der Waals surface area (Å²) in [7, 11) is 0. The lowest BCUT2D eigenvalue weighted by atomic mass is 10.1. The highest BCUT2D eigenvalue weighted by molar-refractivity contribution is 6.04. The molecular weight excluding hydrogens is 444 g/mol.